The number of hydrogen-bond donors (Lipinski definition) is 1. The van der Waals surface area contributed by atoms with Gasteiger partial charge in [0.25, 0.3) is 5.75 Å². The normalized spacial score (nSPS) is 12.8. The summed E-state index contributed by atoms with van der Waals surface area (Å²) in [5.41, 5.74) is 0. The second-order valence-corrected chi connectivity index (χ2v) is 4.58. The zero-order valence-corrected chi connectivity index (χ0v) is 11.4. The Balaban J connectivity index is 2.99. The van der Waals surface area contributed by atoms with Crippen LogP contribution in [0.2, 0.25) is 0 Å². The Hall–Kier alpha value is -1.80. The van der Waals surface area contributed by atoms with Gasteiger partial charge >= 0.3 is 14.1 Å². The molecule has 0 spiro atoms. The molecular formula is C10H8F5NO4P+. The van der Waals surface area contributed by atoms with E-state index < -0.39 is 55.0 Å². The Kier molecular flexibility index (Phi) is 5.56. The summed E-state index contributed by atoms with van der Waals surface area (Å²) >= 11 is 0. The van der Waals surface area contributed by atoms with Gasteiger partial charge in [0.05, 0.1) is 7.11 Å². The van der Waals surface area contributed by atoms with E-state index in [1.807, 2.05) is 5.09 Å². The quantitative estimate of drug-likeness (QED) is 0.295. The van der Waals surface area contributed by atoms with Crippen LogP contribution in [0.15, 0.2) is 0 Å². The second-order valence-electron chi connectivity index (χ2n) is 3.62. The Morgan fingerprint density at radius 2 is 1.48 bits per heavy atom. The van der Waals surface area contributed by atoms with E-state index in [1.54, 1.807) is 0 Å². The topological polar surface area (TPSA) is 64.6 Å². The third kappa shape index (κ3) is 3.64. The van der Waals surface area contributed by atoms with Crippen LogP contribution in [0.1, 0.15) is 6.92 Å². The molecule has 0 saturated carbocycles. The summed E-state index contributed by atoms with van der Waals surface area (Å²) in [7, 11) is -2.11. The minimum absolute atomic E-state index is 0.876. The fourth-order valence-electron chi connectivity index (χ4n) is 1.16. The molecule has 1 aromatic rings. The fourth-order valence-corrected chi connectivity index (χ4v) is 1.96. The van der Waals surface area contributed by atoms with Crippen molar-refractivity contribution < 1.29 is 40.6 Å². The Morgan fingerprint density at radius 3 is 1.90 bits per heavy atom. The van der Waals surface area contributed by atoms with E-state index in [-0.39, 0.29) is 0 Å². The number of ether oxygens (including phenoxy) is 1. The zero-order chi connectivity index (χ0) is 16.3. The van der Waals surface area contributed by atoms with E-state index >= 15 is 0 Å². The molecule has 21 heavy (non-hydrogen) atoms. The van der Waals surface area contributed by atoms with Crippen molar-refractivity contribution in [2.75, 3.05) is 7.11 Å². The average molecular weight is 332 g/mol. The summed E-state index contributed by atoms with van der Waals surface area (Å²) in [6.45, 7) is 1.18. The monoisotopic (exact) mass is 332 g/mol. The van der Waals surface area contributed by atoms with Crippen LogP contribution in [0.5, 0.6) is 5.75 Å². The molecule has 0 aliphatic rings. The predicted molar refractivity (Wildman–Crippen MR) is 59.1 cm³/mol. The van der Waals surface area contributed by atoms with Crippen LogP contribution >= 0.6 is 8.18 Å². The maximum atomic E-state index is 13.2. The van der Waals surface area contributed by atoms with Crippen molar-refractivity contribution >= 4 is 14.1 Å². The molecular weight excluding hydrogens is 324 g/mol. The van der Waals surface area contributed by atoms with Crippen molar-refractivity contribution in [1.82, 2.24) is 5.09 Å². The molecule has 1 aromatic carbocycles. The molecule has 0 heterocycles. The number of carbonyl (C=O) groups excluding carboxylic acids is 1. The molecule has 0 aliphatic carbocycles. The van der Waals surface area contributed by atoms with E-state index in [4.69, 9.17) is 0 Å². The molecule has 0 fully saturated rings. The molecule has 1 N–H and O–H groups in total. The number of hydrogen-bond acceptors (Lipinski definition) is 4. The van der Waals surface area contributed by atoms with E-state index in [1.165, 1.54) is 6.92 Å². The third-order valence-corrected chi connectivity index (χ3v) is 3.14. The van der Waals surface area contributed by atoms with E-state index in [0.717, 1.165) is 7.11 Å². The molecule has 2 atom stereocenters. The van der Waals surface area contributed by atoms with Gasteiger partial charge in [-0.3, -0.25) is 4.79 Å². The highest BCUT2D eigenvalue weighted by Gasteiger charge is 2.35. The lowest BCUT2D eigenvalue weighted by Gasteiger charge is -2.05. The van der Waals surface area contributed by atoms with Gasteiger partial charge in [0, 0.05) is 4.57 Å². The van der Waals surface area contributed by atoms with Crippen LogP contribution in [0.25, 0.3) is 0 Å². The van der Waals surface area contributed by atoms with Crippen molar-refractivity contribution in [3.8, 4) is 5.75 Å². The molecule has 2 unspecified atom stereocenters. The molecule has 0 amide bonds. The molecule has 0 saturated heterocycles. The van der Waals surface area contributed by atoms with Crippen molar-refractivity contribution in [3.05, 3.63) is 29.1 Å². The summed E-state index contributed by atoms with van der Waals surface area (Å²) < 4.78 is 84.8. The van der Waals surface area contributed by atoms with Crippen LogP contribution in [-0.2, 0) is 14.1 Å². The Labute approximate surface area is 116 Å². The first kappa shape index (κ1) is 17.3. The molecule has 116 valence electrons. The van der Waals surface area contributed by atoms with Crippen LogP contribution in [0, 0.1) is 29.1 Å². The molecule has 1 rings (SSSR count). The smallest absolute Gasteiger partial charge is 0.468 e. The summed E-state index contributed by atoms with van der Waals surface area (Å²) in [5.74, 6) is -14.0. The molecule has 0 radical (unpaired) electrons. The van der Waals surface area contributed by atoms with Crippen molar-refractivity contribution in [1.29, 1.82) is 0 Å². The summed E-state index contributed by atoms with van der Waals surface area (Å²) in [5, 5.41) is 1.93. The first-order valence-corrected chi connectivity index (χ1v) is 6.39. The third-order valence-electron chi connectivity index (χ3n) is 2.20. The highest BCUT2D eigenvalue weighted by Crippen LogP contribution is 2.34. The minimum atomic E-state index is -3.14. The molecule has 5 nitrogen and oxygen atoms in total. The first-order valence-electron chi connectivity index (χ1n) is 5.21. The van der Waals surface area contributed by atoms with Crippen LogP contribution in [0.3, 0.4) is 0 Å². The van der Waals surface area contributed by atoms with Crippen molar-refractivity contribution in [2.24, 2.45) is 0 Å². The Morgan fingerprint density at radius 1 is 1.05 bits per heavy atom. The van der Waals surface area contributed by atoms with Gasteiger partial charge in [-0.25, -0.2) is 17.7 Å². The lowest BCUT2D eigenvalue weighted by atomic mass is 10.3. The summed E-state index contributed by atoms with van der Waals surface area (Å²) in [4.78, 5) is 11.0. The molecule has 11 heteroatoms. The molecule has 0 aromatic heterocycles. The van der Waals surface area contributed by atoms with Gasteiger partial charge in [-0.05, 0) is 6.92 Å². The number of halogens is 5. The number of carbonyl (C=O) groups is 1. The minimum Gasteiger partial charge on any atom is -0.468 e. The number of rotatable bonds is 5. The number of benzene rings is 1. The predicted octanol–water partition coefficient (Wildman–Crippen LogP) is 2.57. The lowest BCUT2D eigenvalue weighted by Crippen LogP contribution is -2.30. The van der Waals surface area contributed by atoms with E-state index in [0.29, 0.717) is 0 Å². The fraction of sp³-hybridized carbons (Fsp3) is 0.300. The van der Waals surface area contributed by atoms with E-state index in [2.05, 4.69) is 9.26 Å². The van der Waals surface area contributed by atoms with Gasteiger partial charge in [0.15, 0.2) is 0 Å². The van der Waals surface area contributed by atoms with Gasteiger partial charge < -0.3 is 4.74 Å². The highest BCUT2D eigenvalue weighted by atomic mass is 31.1. The van der Waals surface area contributed by atoms with Crippen LogP contribution in [-0.4, -0.2) is 19.1 Å². The second kappa shape index (κ2) is 6.77. The summed E-state index contributed by atoms with van der Waals surface area (Å²) in [6, 6.07) is -1.19. The molecule has 0 aliphatic heterocycles. The van der Waals surface area contributed by atoms with Gasteiger partial charge in [0.1, 0.15) is 6.04 Å². The number of esters is 1. The maximum absolute atomic E-state index is 13.2. The summed E-state index contributed by atoms with van der Waals surface area (Å²) in [6.07, 6.45) is 0. The van der Waals surface area contributed by atoms with Gasteiger partial charge in [-0.2, -0.15) is 8.78 Å². The first-order chi connectivity index (χ1) is 9.70. The lowest BCUT2D eigenvalue weighted by molar-refractivity contribution is -0.142. The zero-order valence-electron chi connectivity index (χ0n) is 10.5. The van der Waals surface area contributed by atoms with Gasteiger partial charge in [-0.1, -0.05) is 5.09 Å². The maximum Gasteiger partial charge on any atom is 0.664 e. The van der Waals surface area contributed by atoms with Crippen molar-refractivity contribution in [2.45, 2.75) is 13.0 Å². The van der Waals surface area contributed by atoms with Crippen LogP contribution < -0.4 is 9.61 Å². The Bertz CT molecular complexity index is 568. The average Bonchev–Trinajstić information content (AvgIpc) is 2.46. The highest BCUT2D eigenvalue weighted by molar-refractivity contribution is 7.37. The van der Waals surface area contributed by atoms with Gasteiger partial charge in [-0.15, -0.1) is 0 Å². The largest absolute Gasteiger partial charge is 0.664 e. The number of nitrogens with one attached hydrogen (secondary N) is 1. The standard InChI is InChI=1S/C10H8F5NO4P/c1-3(10(17)19-2)16-21(18)20-9-7(14)5(12)4(11)6(13)8(9)15/h3H,1-2H3,(H,16,18)/q+1. The van der Waals surface area contributed by atoms with Crippen LogP contribution in [0.4, 0.5) is 22.0 Å². The molecule has 0 bridgehead atoms. The number of methoxy groups -OCH3 is 1. The van der Waals surface area contributed by atoms with E-state index in [9.17, 15) is 31.3 Å². The SMILES string of the molecule is COC(=O)C(C)N[P+](=O)Oc1c(F)c(F)c(F)c(F)c1F. The van der Waals surface area contributed by atoms with Crippen molar-refractivity contribution in [3.63, 3.8) is 0 Å². The van der Waals surface area contributed by atoms with Gasteiger partial charge in [0.2, 0.25) is 29.1 Å².